The Bertz CT molecular complexity index is 871. The summed E-state index contributed by atoms with van der Waals surface area (Å²) in [5.74, 6) is -0.502. The van der Waals surface area contributed by atoms with E-state index < -0.39 is 24.1 Å². The van der Waals surface area contributed by atoms with Gasteiger partial charge in [0.25, 0.3) is 0 Å². The molecule has 3 heterocycles. The minimum atomic E-state index is -0.842. The van der Waals surface area contributed by atoms with E-state index in [9.17, 15) is 19.1 Å². The molecule has 11 heteroatoms. The third-order valence-corrected chi connectivity index (χ3v) is 6.81. The maximum atomic E-state index is 13.6. The predicted molar refractivity (Wildman–Crippen MR) is 130 cm³/mol. The molecule has 0 radical (unpaired) electrons. The number of amides is 3. The molecule has 0 aromatic heterocycles. The number of hydrogen-bond donors (Lipinski definition) is 3. The third kappa shape index (κ3) is 7.84. The number of nitrogens with one attached hydrogen (secondary N) is 2. The van der Waals surface area contributed by atoms with E-state index in [1.807, 2.05) is 0 Å². The molecule has 0 bridgehead atoms. The highest BCUT2D eigenvalue weighted by atomic mass is 19.1. The minimum absolute atomic E-state index is 0.0525. The molecule has 4 atom stereocenters. The largest absolute Gasteiger partial charge is 0.389 e. The number of urea groups is 1. The molecule has 4 rings (SSSR count). The van der Waals surface area contributed by atoms with Crippen LogP contribution >= 0.6 is 0 Å². The van der Waals surface area contributed by atoms with Crippen molar-refractivity contribution in [3.05, 3.63) is 30.1 Å². The van der Waals surface area contributed by atoms with E-state index in [4.69, 9.17) is 14.2 Å². The number of nitrogens with zero attached hydrogens (tertiary/aromatic N) is 2. The first kappa shape index (κ1) is 26.7. The van der Waals surface area contributed by atoms with Crippen LogP contribution in [0.4, 0.5) is 14.9 Å². The molecule has 0 unspecified atom stereocenters. The second kappa shape index (κ2) is 13.3. The van der Waals surface area contributed by atoms with Gasteiger partial charge in [0.05, 0.1) is 57.6 Å². The molecule has 3 aliphatic heterocycles. The first-order valence-electron chi connectivity index (χ1n) is 12.8. The summed E-state index contributed by atoms with van der Waals surface area (Å²) in [5.41, 5.74) is 0.337. The van der Waals surface area contributed by atoms with Gasteiger partial charge in [-0.25, -0.2) is 9.18 Å². The Morgan fingerprint density at radius 3 is 2.78 bits per heavy atom. The zero-order valence-electron chi connectivity index (χ0n) is 20.6. The number of fused-ring (bicyclic) bond motifs is 1. The Hall–Kier alpha value is -2.31. The molecule has 200 valence electrons. The molecule has 3 N–H and O–H groups in total. The Labute approximate surface area is 211 Å². The minimum Gasteiger partial charge on any atom is -0.389 e. The second-order valence-corrected chi connectivity index (χ2v) is 9.59. The van der Waals surface area contributed by atoms with Gasteiger partial charge in [0.1, 0.15) is 11.9 Å². The number of benzene rings is 1. The molecule has 0 aliphatic carbocycles. The Balaban J connectivity index is 1.27. The van der Waals surface area contributed by atoms with Gasteiger partial charge < -0.3 is 34.9 Å². The van der Waals surface area contributed by atoms with Crippen molar-refractivity contribution in [3.63, 3.8) is 0 Å². The fraction of sp³-hybridized carbons (Fsp3) is 0.680. The first-order valence-corrected chi connectivity index (χ1v) is 12.8. The zero-order valence-corrected chi connectivity index (χ0v) is 20.6. The number of anilines is 1. The summed E-state index contributed by atoms with van der Waals surface area (Å²) in [5, 5.41) is 16.0. The highest BCUT2D eigenvalue weighted by Gasteiger charge is 2.40. The number of morpholine rings is 1. The lowest BCUT2D eigenvalue weighted by molar-refractivity contribution is -0.149. The Kier molecular flexibility index (Phi) is 9.88. The SMILES string of the molecule is O=C(C[C@@H]1CC[C@H]2[C@@H](COC[C@H](O)CN2C(=O)Nc2cccc(F)c2)O1)NCCCN1CCOCC1. The van der Waals surface area contributed by atoms with Gasteiger partial charge in [-0.05, 0) is 44.0 Å². The number of rotatable bonds is 7. The quantitative estimate of drug-likeness (QED) is 0.475. The van der Waals surface area contributed by atoms with Crippen LogP contribution in [0.5, 0.6) is 0 Å². The van der Waals surface area contributed by atoms with E-state index in [0.717, 1.165) is 39.3 Å². The lowest BCUT2D eigenvalue weighted by atomic mass is 9.95. The predicted octanol–water partition coefficient (Wildman–Crippen LogP) is 1.20. The molecule has 3 saturated heterocycles. The first-order chi connectivity index (χ1) is 17.5. The maximum Gasteiger partial charge on any atom is 0.322 e. The molecule has 10 nitrogen and oxygen atoms in total. The molecule has 36 heavy (non-hydrogen) atoms. The Morgan fingerprint density at radius 1 is 1.14 bits per heavy atom. The summed E-state index contributed by atoms with van der Waals surface area (Å²) < 4.78 is 30.7. The normalized spacial score (nSPS) is 27.4. The molecule has 3 amide bonds. The van der Waals surface area contributed by atoms with Gasteiger partial charge in [0, 0.05) is 25.3 Å². The highest BCUT2D eigenvalue weighted by Crippen LogP contribution is 2.28. The summed E-state index contributed by atoms with van der Waals surface area (Å²) in [7, 11) is 0. The summed E-state index contributed by atoms with van der Waals surface area (Å²) >= 11 is 0. The van der Waals surface area contributed by atoms with E-state index in [1.54, 1.807) is 11.0 Å². The van der Waals surface area contributed by atoms with Crippen molar-refractivity contribution in [1.29, 1.82) is 0 Å². The molecule has 1 aromatic rings. The number of carbonyl (C=O) groups excluding carboxylic acids is 2. The second-order valence-electron chi connectivity index (χ2n) is 9.59. The fourth-order valence-corrected chi connectivity index (χ4v) is 4.97. The standard InChI is InChI=1S/C25H37FN4O6/c26-18-3-1-4-19(13-18)28-25(33)30-15-20(31)16-35-17-23-22(30)6-5-21(36-23)14-24(32)27-7-2-8-29-9-11-34-12-10-29/h1,3-4,13,20-23,31H,2,5-12,14-17H2,(H,27,32)(H,28,33)/t20-,21+,22+,23-/m1/s1. The maximum absolute atomic E-state index is 13.6. The van der Waals surface area contributed by atoms with E-state index in [1.165, 1.54) is 18.2 Å². The van der Waals surface area contributed by atoms with Gasteiger partial charge in [-0.2, -0.15) is 0 Å². The van der Waals surface area contributed by atoms with Crippen molar-refractivity contribution in [3.8, 4) is 0 Å². The van der Waals surface area contributed by atoms with Crippen LogP contribution in [0, 0.1) is 5.82 Å². The summed E-state index contributed by atoms with van der Waals surface area (Å²) in [6, 6.07) is 4.91. The number of aliphatic hydroxyl groups is 1. The van der Waals surface area contributed by atoms with Crippen LogP contribution in [0.1, 0.15) is 25.7 Å². The van der Waals surface area contributed by atoms with Crippen molar-refractivity contribution in [1.82, 2.24) is 15.1 Å². The van der Waals surface area contributed by atoms with Gasteiger partial charge in [-0.15, -0.1) is 0 Å². The molecular weight excluding hydrogens is 471 g/mol. The van der Waals surface area contributed by atoms with Gasteiger partial charge in [0.15, 0.2) is 0 Å². The number of hydrogen-bond acceptors (Lipinski definition) is 7. The van der Waals surface area contributed by atoms with Gasteiger partial charge >= 0.3 is 6.03 Å². The smallest absolute Gasteiger partial charge is 0.322 e. The average molecular weight is 509 g/mol. The lowest BCUT2D eigenvalue weighted by Crippen LogP contribution is -2.58. The van der Waals surface area contributed by atoms with Crippen molar-refractivity contribution < 1.29 is 33.3 Å². The molecule has 3 aliphatic rings. The molecular formula is C25H37FN4O6. The Morgan fingerprint density at radius 2 is 1.97 bits per heavy atom. The van der Waals surface area contributed by atoms with Gasteiger partial charge in [-0.3, -0.25) is 9.69 Å². The van der Waals surface area contributed by atoms with Crippen molar-refractivity contribution >= 4 is 17.6 Å². The van der Waals surface area contributed by atoms with Crippen LogP contribution in [0.15, 0.2) is 24.3 Å². The van der Waals surface area contributed by atoms with Gasteiger partial charge in [-0.1, -0.05) is 6.07 Å². The molecule has 3 fully saturated rings. The summed E-state index contributed by atoms with van der Waals surface area (Å²) in [6.07, 6.45) is 0.793. The molecule has 1 aromatic carbocycles. The van der Waals surface area contributed by atoms with Crippen LogP contribution in [0.25, 0.3) is 0 Å². The highest BCUT2D eigenvalue weighted by molar-refractivity contribution is 5.89. The fourth-order valence-electron chi connectivity index (χ4n) is 4.97. The number of aliphatic hydroxyl groups excluding tert-OH is 1. The zero-order chi connectivity index (χ0) is 25.3. The number of ether oxygens (including phenoxy) is 3. The van der Waals surface area contributed by atoms with Crippen LogP contribution < -0.4 is 10.6 Å². The van der Waals surface area contributed by atoms with Crippen molar-refractivity contribution in [2.45, 2.75) is 50.0 Å². The number of β-amino-alcohol motifs (C(OH)–C–C–N with tert-alkyl or cyclic N) is 1. The van der Waals surface area contributed by atoms with Gasteiger partial charge in [0.2, 0.25) is 5.91 Å². The van der Waals surface area contributed by atoms with Crippen LogP contribution in [-0.4, -0.2) is 110 Å². The summed E-state index contributed by atoms with van der Waals surface area (Å²) in [4.78, 5) is 29.5. The lowest BCUT2D eigenvalue weighted by Gasteiger charge is -2.44. The van der Waals surface area contributed by atoms with E-state index in [0.29, 0.717) is 25.1 Å². The van der Waals surface area contributed by atoms with Crippen LogP contribution in [0.2, 0.25) is 0 Å². The third-order valence-electron chi connectivity index (χ3n) is 6.81. The molecule has 0 spiro atoms. The van der Waals surface area contributed by atoms with Crippen LogP contribution in [0.3, 0.4) is 0 Å². The topological polar surface area (TPSA) is 113 Å². The number of halogens is 1. The van der Waals surface area contributed by atoms with Crippen LogP contribution in [-0.2, 0) is 19.0 Å². The van der Waals surface area contributed by atoms with E-state index in [-0.39, 0.29) is 44.2 Å². The van der Waals surface area contributed by atoms with E-state index >= 15 is 0 Å². The number of carbonyl (C=O) groups is 2. The molecule has 0 saturated carbocycles. The average Bonchev–Trinajstić information content (AvgIpc) is 2.85. The summed E-state index contributed by atoms with van der Waals surface area (Å²) in [6.45, 7) is 5.30. The monoisotopic (exact) mass is 508 g/mol. The van der Waals surface area contributed by atoms with E-state index in [2.05, 4.69) is 15.5 Å². The van der Waals surface area contributed by atoms with Crippen molar-refractivity contribution in [2.24, 2.45) is 0 Å². The van der Waals surface area contributed by atoms with Crippen molar-refractivity contribution in [2.75, 3.05) is 64.5 Å².